The van der Waals surface area contributed by atoms with E-state index in [-0.39, 0.29) is 10.5 Å². The van der Waals surface area contributed by atoms with E-state index in [1.165, 1.54) is 18.2 Å². The molecule has 0 aliphatic rings. The van der Waals surface area contributed by atoms with Gasteiger partial charge in [0.05, 0.1) is 10.6 Å². The monoisotopic (exact) mass is 330 g/mol. The molecule has 0 saturated carbocycles. The van der Waals surface area contributed by atoms with E-state index >= 15 is 0 Å². The number of aryl methyl sites for hydroxylation is 1. The number of carbonyl (C=O) groups excluding carboxylic acids is 1. The maximum absolute atomic E-state index is 12.4. The van der Waals surface area contributed by atoms with E-state index in [1.54, 1.807) is 31.2 Å². The van der Waals surface area contributed by atoms with Gasteiger partial charge in [0.25, 0.3) is 5.91 Å². The molecule has 2 aromatic carbocycles. The molecule has 0 radical (unpaired) electrons. The molecule has 0 atom stereocenters. The van der Waals surface area contributed by atoms with Crippen LogP contribution in [0.25, 0.3) is 11.1 Å². The van der Waals surface area contributed by atoms with Crippen molar-refractivity contribution in [3.05, 3.63) is 53.9 Å². The number of hydrogen-bond acceptors (Lipinski definition) is 5. The van der Waals surface area contributed by atoms with Crippen LogP contribution in [0.3, 0.4) is 0 Å². The molecule has 0 aliphatic carbocycles. The zero-order chi connectivity index (χ0) is 16.6. The molecule has 0 spiro atoms. The number of hydrogen-bond donors (Lipinski definition) is 1. The molecule has 0 fully saturated rings. The van der Waals surface area contributed by atoms with E-state index in [2.05, 4.69) is 10.3 Å². The van der Waals surface area contributed by atoms with Gasteiger partial charge in [-0.25, -0.2) is 13.4 Å². The Labute approximate surface area is 133 Å². The van der Waals surface area contributed by atoms with Gasteiger partial charge >= 0.3 is 0 Å². The molecule has 3 rings (SSSR count). The molecule has 6 nitrogen and oxygen atoms in total. The minimum absolute atomic E-state index is 0.0962. The third kappa shape index (κ3) is 3.09. The number of nitrogens with one attached hydrogen (secondary N) is 1. The SMILES string of the molecule is Cc1nc2cccc(NC(=O)c3cccc(S(C)(=O)=O)c3)c2o1. The number of rotatable bonds is 3. The standard InChI is InChI=1S/C16H14N2O4S/c1-10-17-13-7-4-8-14(15(13)22-10)18-16(19)11-5-3-6-12(9-11)23(2,20)21/h3-9H,1-2H3,(H,18,19). The highest BCUT2D eigenvalue weighted by molar-refractivity contribution is 7.90. The van der Waals surface area contributed by atoms with Gasteiger partial charge in [-0.3, -0.25) is 4.79 Å². The van der Waals surface area contributed by atoms with E-state index in [1.807, 2.05) is 0 Å². The van der Waals surface area contributed by atoms with Crippen LogP contribution >= 0.6 is 0 Å². The van der Waals surface area contributed by atoms with Crippen LogP contribution in [0.15, 0.2) is 51.8 Å². The lowest BCUT2D eigenvalue weighted by atomic mass is 10.2. The Kier molecular flexibility index (Phi) is 3.65. The Balaban J connectivity index is 1.95. The summed E-state index contributed by atoms with van der Waals surface area (Å²) in [5, 5.41) is 2.73. The van der Waals surface area contributed by atoms with E-state index in [9.17, 15) is 13.2 Å². The highest BCUT2D eigenvalue weighted by atomic mass is 32.2. The first-order chi connectivity index (χ1) is 10.8. The van der Waals surface area contributed by atoms with Crippen LogP contribution in [0, 0.1) is 6.92 Å². The molecular weight excluding hydrogens is 316 g/mol. The summed E-state index contributed by atoms with van der Waals surface area (Å²) in [6, 6.07) is 11.1. The maximum Gasteiger partial charge on any atom is 0.255 e. The molecule has 3 aromatic rings. The van der Waals surface area contributed by atoms with Gasteiger partial charge in [-0.1, -0.05) is 12.1 Å². The topological polar surface area (TPSA) is 89.3 Å². The number of nitrogens with zero attached hydrogens (tertiary/aromatic N) is 1. The van der Waals surface area contributed by atoms with Gasteiger partial charge in [0.2, 0.25) is 0 Å². The number of anilines is 1. The fourth-order valence-electron chi connectivity index (χ4n) is 2.22. The summed E-state index contributed by atoms with van der Waals surface area (Å²) in [4.78, 5) is 16.7. The molecule has 0 unspecified atom stereocenters. The molecular formula is C16H14N2O4S. The van der Waals surface area contributed by atoms with Crippen molar-refractivity contribution in [3.8, 4) is 0 Å². The van der Waals surface area contributed by atoms with Crippen molar-refractivity contribution in [1.29, 1.82) is 0 Å². The Morgan fingerprint density at radius 2 is 1.91 bits per heavy atom. The summed E-state index contributed by atoms with van der Waals surface area (Å²) >= 11 is 0. The minimum Gasteiger partial charge on any atom is -0.439 e. The Bertz CT molecular complexity index is 1010. The van der Waals surface area contributed by atoms with E-state index in [0.717, 1.165) is 6.26 Å². The molecule has 1 heterocycles. The number of fused-ring (bicyclic) bond motifs is 1. The molecule has 1 aromatic heterocycles. The molecule has 1 amide bonds. The third-order valence-electron chi connectivity index (χ3n) is 3.29. The van der Waals surface area contributed by atoms with Gasteiger partial charge in [-0.2, -0.15) is 0 Å². The second-order valence-electron chi connectivity index (χ2n) is 5.14. The minimum atomic E-state index is -3.37. The van der Waals surface area contributed by atoms with Crippen molar-refractivity contribution in [3.63, 3.8) is 0 Å². The van der Waals surface area contributed by atoms with Crippen molar-refractivity contribution in [2.45, 2.75) is 11.8 Å². The highest BCUT2D eigenvalue weighted by Gasteiger charge is 2.14. The van der Waals surface area contributed by atoms with Gasteiger partial charge in [0.1, 0.15) is 5.52 Å². The van der Waals surface area contributed by atoms with Crippen molar-refractivity contribution in [1.82, 2.24) is 4.98 Å². The van der Waals surface area contributed by atoms with Crippen molar-refractivity contribution in [2.75, 3.05) is 11.6 Å². The second kappa shape index (κ2) is 5.51. The average molecular weight is 330 g/mol. The third-order valence-corrected chi connectivity index (χ3v) is 4.40. The first-order valence-electron chi connectivity index (χ1n) is 6.82. The number of sulfone groups is 1. The first kappa shape index (κ1) is 15.2. The number of aromatic nitrogens is 1. The van der Waals surface area contributed by atoms with Crippen molar-refractivity contribution < 1.29 is 17.6 Å². The lowest BCUT2D eigenvalue weighted by Gasteiger charge is -2.06. The fraction of sp³-hybridized carbons (Fsp3) is 0.125. The quantitative estimate of drug-likeness (QED) is 0.797. The Morgan fingerprint density at radius 3 is 2.65 bits per heavy atom. The van der Waals surface area contributed by atoms with Gasteiger partial charge in [0.15, 0.2) is 21.3 Å². The first-order valence-corrected chi connectivity index (χ1v) is 8.71. The number of amides is 1. The molecule has 118 valence electrons. The van der Waals surface area contributed by atoms with E-state index < -0.39 is 15.7 Å². The summed E-state index contributed by atoms with van der Waals surface area (Å²) in [5.41, 5.74) is 1.86. The van der Waals surface area contributed by atoms with Gasteiger partial charge in [-0.15, -0.1) is 0 Å². The van der Waals surface area contributed by atoms with Crippen molar-refractivity contribution >= 4 is 32.5 Å². The summed E-state index contributed by atoms with van der Waals surface area (Å²) in [6.45, 7) is 1.72. The average Bonchev–Trinajstić information content (AvgIpc) is 2.88. The Hall–Kier alpha value is -2.67. The molecule has 7 heteroatoms. The summed E-state index contributed by atoms with van der Waals surface area (Å²) in [5.74, 6) is 0.0813. The smallest absolute Gasteiger partial charge is 0.255 e. The lowest BCUT2D eigenvalue weighted by Crippen LogP contribution is -2.12. The van der Waals surface area contributed by atoms with Crippen LogP contribution in [0.2, 0.25) is 0 Å². The maximum atomic E-state index is 12.4. The fourth-order valence-corrected chi connectivity index (χ4v) is 2.89. The van der Waals surface area contributed by atoms with Crippen molar-refractivity contribution in [2.24, 2.45) is 0 Å². The van der Waals surface area contributed by atoms with Crippen LogP contribution in [0.5, 0.6) is 0 Å². The predicted molar refractivity (Wildman–Crippen MR) is 86.3 cm³/mol. The normalized spacial score (nSPS) is 11.6. The van der Waals surface area contributed by atoms with E-state index in [4.69, 9.17) is 4.42 Å². The summed E-state index contributed by atoms with van der Waals surface area (Å²) in [6.07, 6.45) is 1.10. The van der Waals surface area contributed by atoms with Crippen LogP contribution in [-0.4, -0.2) is 25.6 Å². The number of oxazole rings is 1. The molecule has 0 bridgehead atoms. The molecule has 1 N–H and O–H groups in total. The van der Waals surface area contributed by atoms with Crippen LogP contribution in [-0.2, 0) is 9.84 Å². The van der Waals surface area contributed by atoms with Crippen LogP contribution in [0.4, 0.5) is 5.69 Å². The largest absolute Gasteiger partial charge is 0.439 e. The second-order valence-corrected chi connectivity index (χ2v) is 7.16. The van der Waals surface area contributed by atoms with Gasteiger partial charge in [-0.05, 0) is 30.3 Å². The van der Waals surface area contributed by atoms with Gasteiger partial charge < -0.3 is 9.73 Å². The molecule has 23 heavy (non-hydrogen) atoms. The molecule has 0 aliphatic heterocycles. The highest BCUT2D eigenvalue weighted by Crippen LogP contribution is 2.24. The lowest BCUT2D eigenvalue weighted by molar-refractivity contribution is 0.102. The number of carbonyl (C=O) groups is 1. The van der Waals surface area contributed by atoms with Gasteiger partial charge in [0, 0.05) is 18.7 Å². The summed E-state index contributed by atoms with van der Waals surface area (Å²) < 4.78 is 28.7. The van der Waals surface area contributed by atoms with E-state index in [0.29, 0.717) is 22.7 Å². The summed E-state index contributed by atoms with van der Waals surface area (Å²) in [7, 11) is -3.37. The predicted octanol–water partition coefficient (Wildman–Crippen LogP) is 2.79. The number of para-hydroxylation sites is 1. The molecule has 0 saturated heterocycles. The number of benzene rings is 2. The zero-order valence-electron chi connectivity index (χ0n) is 12.5. The zero-order valence-corrected chi connectivity index (χ0v) is 13.3. The Morgan fingerprint density at radius 1 is 1.17 bits per heavy atom. The van der Waals surface area contributed by atoms with Crippen LogP contribution in [0.1, 0.15) is 16.2 Å². The van der Waals surface area contributed by atoms with Crippen LogP contribution < -0.4 is 5.32 Å².